The Bertz CT molecular complexity index is 643. The third kappa shape index (κ3) is 2.74. The molecule has 0 spiro atoms. The van der Waals surface area contributed by atoms with Crippen molar-refractivity contribution in [1.29, 1.82) is 0 Å². The highest BCUT2D eigenvalue weighted by atomic mass is 19.1. The fraction of sp³-hybridized carbons (Fsp3) is 0. The van der Waals surface area contributed by atoms with Gasteiger partial charge in [-0.05, 0) is 18.2 Å². The van der Waals surface area contributed by atoms with Crippen LogP contribution in [0.25, 0.3) is 0 Å². The average molecular weight is 260 g/mol. The summed E-state index contributed by atoms with van der Waals surface area (Å²) in [6.45, 7) is 0. The molecule has 0 aliphatic carbocycles. The van der Waals surface area contributed by atoms with E-state index in [1.165, 1.54) is 30.5 Å². The zero-order valence-electron chi connectivity index (χ0n) is 9.63. The monoisotopic (exact) mass is 260 g/mol. The molecule has 0 saturated heterocycles. The number of aromatic carboxylic acids is 1. The standard InChI is InChI=1S/C13H9FN2O3/c14-10-3-1-2-4-11(10)16-12(17)8-5-6-15-7-9(8)13(18)19/h1-7H,(H,16,17)(H,18,19). The molecule has 0 saturated carbocycles. The molecule has 2 N–H and O–H groups in total. The van der Waals surface area contributed by atoms with Crippen LogP contribution in [0.2, 0.25) is 0 Å². The minimum Gasteiger partial charge on any atom is -0.478 e. The normalized spacial score (nSPS) is 9.95. The molecule has 0 fully saturated rings. The highest BCUT2D eigenvalue weighted by Gasteiger charge is 2.17. The zero-order chi connectivity index (χ0) is 13.8. The van der Waals surface area contributed by atoms with Crippen molar-refractivity contribution in [3.8, 4) is 0 Å². The number of hydrogen-bond donors (Lipinski definition) is 2. The van der Waals surface area contributed by atoms with Crippen molar-refractivity contribution < 1.29 is 19.1 Å². The summed E-state index contributed by atoms with van der Waals surface area (Å²) in [4.78, 5) is 26.5. The van der Waals surface area contributed by atoms with Crippen molar-refractivity contribution in [2.45, 2.75) is 0 Å². The lowest BCUT2D eigenvalue weighted by Crippen LogP contribution is -2.17. The molecule has 0 atom stereocenters. The maximum atomic E-state index is 13.4. The lowest BCUT2D eigenvalue weighted by atomic mass is 10.1. The number of carboxylic acids is 1. The molecule has 1 amide bonds. The predicted octanol–water partition coefficient (Wildman–Crippen LogP) is 2.17. The number of benzene rings is 1. The van der Waals surface area contributed by atoms with E-state index in [9.17, 15) is 14.0 Å². The molecular formula is C13H9FN2O3. The van der Waals surface area contributed by atoms with Crippen LogP contribution in [0, 0.1) is 5.82 Å². The molecule has 5 nitrogen and oxygen atoms in total. The van der Waals surface area contributed by atoms with Crippen molar-refractivity contribution >= 4 is 17.6 Å². The second kappa shape index (κ2) is 5.26. The Morgan fingerprint density at radius 1 is 1.16 bits per heavy atom. The fourth-order valence-electron chi connectivity index (χ4n) is 1.52. The summed E-state index contributed by atoms with van der Waals surface area (Å²) >= 11 is 0. The van der Waals surface area contributed by atoms with E-state index in [-0.39, 0.29) is 16.8 Å². The predicted molar refractivity (Wildman–Crippen MR) is 65.5 cm³/mol. The molecular weight excluding hydrogens is 251 g/mol. The summed E-state index contributed by atoms with van der Waals surface area (Å²) in [5, 5.41) is 11.3. The van der Waals surface area contributed by atoms with E-state index in [1.807, 2.05) is 0 Å². The molecule has 1 heterocycles. The van der Waals surface area contributed by atoms with Crippen molar-refractivity contribution in [3.63, 3.8) is 0 Å². The number of halogens is 1. The van der Waals surface area contributed by atoms with Crippen LogP contribution in [0.5, 0.6) is 0 Å². The molecule has 6 heteroatoms. The van der Waals surface area contributed by atoms with Crippen molar-refractivity contribution in [2.75, 3.05) is 5.32 Å². The number of nitrogens with one attached hydrogen (secondary N) is 1. The number of rotatable bonds is 3. The van der Waals surface area contributed by atoms with E-state index >= 15 is 0 Å². The second-order valence-electron chi connectivity index (χ2n) is 3.66. The number of hydrogen-bond acceptors (Lipinski definition) is 3. The Hall–Kier alpha value is -2.76. The summed E-state index contributed by atoms with van der Waals surface area (Å²) in [5.41, 5.74) is -0.331. The molecule has 0 unspecified atom stereocenters. The minimum atomic E-state index is -1.27. The van der Waals surface area contributed by atoms with E-state index in [1.54, 1.807) is 6.07 Å². The lowest BCUT2D eigenvalue weighted by molar-refractivity contribution is 0.0692. The van der Waals surface area contributed by atoms with Gasteiger partial charge in [-0.1, -0.05) is 12.1 Å². The Morgan fingerprint density at radius 3 is 2.58 bits per heavy atom. The van der Waals surface area contributed by atoms with Gasteiger partial charge in [-0.3, -0.25) is 9.78 Å². The number of nitrogens with zero attached hydrogens (tertiary/aromatic N) is 1. The van der Waals surface area contributed by atoms with Crippen LogP contribution in [-0.2, 0) is 0 Å². The van der Waals surface area contributed by atoms with Crippen LogP contribution in [-0.4, -0.2) is 22.0 Å². The SMILES string of the molecule is O=C(O)c1cnccc1C(=O)Nc1ccccc1F. The van der Waals surface area contributed by atoms with Crippen LogP contribution in [0.4, 0.5) is 10.1 Å². The molecule has 2 rings (SSSR count). The maximum Gasteiger partial charge on any atom is 0.338 e. The average Bonchev–Trinajstić information content (AvgIpc) is 2.41. The third-order valence-electron chi connectivity index (χ3n) is 2.42. The Labute approximate surface area is 107 Å². The molecule has 0 aliphatic heterocycles. The highest BCUT2D eigenvalue weighted by Crippen LogP contribution is 2.15. The third-order valence-corrected chi connectivity index (χ3v) is 2.42. The first-order chi connectivity index (χ1) is 9.09. The lowest BCUT2D eigenvalue weighted by Gasteiger charge is -2.07. The summed E-state index contributed by atoms with van der Waals surface area (Å²) in [6.07, 6.45) is 2.36. The first-order valence-electron chi connectivity index (χ1n) is 5.33. The molecule has 0 aliphatic rings. The minimum absolute atomic E-state index is 0.0133. The highest BCUT2D eigenvalue weighted by molar-refractivity contribution is 6.10. The van der Waals surface area contributed by atoms with E-state index in [0.29, 0.717) is 0 Å². The molecule has 0 bridgehead atoms. The van der Waals surface area contributed by atoms with Gasteiger partial charge in [-0.25, -0.2) is 9.18 Å². The van der Waals surface area contributed by atoms with Gasteiger partial charge in [-0.15, -0.1) is 0 Å². The number of anilines is 1. The van der Waals surface area contributed by atoms with Gasteiger partial charge in [0.25, 0.3) is 5.91 Å². The van der Waals surface area contributed by atoms with E-state index in [0.717, 1.165) is 6.20 Å². The summed E-state index contributed by atoms with van der Waals surface area (Å²) in [5.74, 6) is -2.57. The topological polar surface area (TPSA) is 79.3 Å². The van der Waals surface area contributed by atoms with Crippen LogP contribution in [0.1, 0.15) is 20.7 Å². The van der Waals surface area contributed by atoms with Crippen LogP contribution in [0.3, 0.4) is 0 Å². The molecule has 0 radical (unpaired) electrons. The van der Waals surface area contributed by atoms with Gasteiger partial charge in [0.05, 0.1) is 16.8 Å². The van der Waals surface area contributed by atoms with Crippen molar-refractivity contribution in [3.05, 3.63) is 59.7 Å². The van der Waals surface area contributed by atoms with E-state index < -0.39 is 17.7 Å². The number of amides is 1. The molecule has 1 aromatic carbocycles. The number of pyridine rings is 1. The molecule has 2 aromatic rings. The Kier molecular flexibility index (Phi) is 3.51. The molecule has 1 aromatic heterocycles. The summed E-state index contributed by atoms with van der Waals surface area (Å²) < 4.78 is 13.4. The molecule has 19 heavy (non-hydrogen) atoms. The number of carboxylic acid groups (broad SMARTS) is 1. The van der Waals surface area contributed by atoms with Gasteiger partial charge in [0.2, 0.25) is 0 Å². The fourth-order valence-corrected chi connectivity index (χ4v) is 1.52. The second-order valence-corrected chi connectivity index (χ2v) is 3.66. The Balaban J connectivity index is 2.31. The largest absolute Gasteiger partial charge is 0.478 e. The molecule has 96 valence electrons. The van der Waals surface area contributed by atoms with Gasteiger partial charge >= 0.3 is 5.97 Å². The van der Waals surface area contributed by atoms with Gasteiger partial charge in [0, 0.05) is 12.4 Å². The van der Waals surface area contributed by atoms with Gasteiger partial charge in [0.15, 0.2) is 0 Å². The van der Waals surface area contributed by atoms with Crippen LogP contribution >= 0.6 is 0 Å². The zero-order valence-corrected chi connectivity index (χ0v) is 9.63. The summed E-state index contributed by atoms with van der Waals surface area (Å²) in [6, 6.07) is 6.89. The maximum absolute atomic E-state index is 13.4. The van der Waals surface area contributed by atoms with Gasteiger partial charge in [0.1, 0.15) is 5.82 Å². The Morgan fingerprint density at radius 2 is 1.89 bits per heavy atom. The van der Waals surface area contributed by atoms with Crippen LogP contribution < -0.4 is 5.32 Å². The summed E-state index contributed by atoms with van der Waals surface area (Å²) in [7, 11) is 0. The smallest absolute Gasteiger partial charge is 0.338 e. The first kappa shape index (κ1) is 12.7. The van der Waals surface area contributed by atoms with Crippen molar-refractivity contribution in [2.24, 2.45) is 0 Å². The quantitative estimate of drug-likeness (QED) is 0.886. The number of aromatic nitrogens is 1. The van der Waals surface area contributed by atoms with E-state index in [4.69, 9.17) is 5.11 Å². The van der Waals surface area contributed by atoms with Gasteiger partial charge < -0.3 is 10.4 Å². The van der Waals surface area contributed by atoms with Gasteiger partial charge in [-0.2, -0.15) is 0 Å². The van der Waals surface area contributed by atoms with E-state index in [2.05, 4.69) is 10.3 Å². The number of para-hydroxylation sites is 1. The van der Waals surface area contributed by atoms with Crippen molar-refractivity contribution in [1.82, 2.24) is 4.98 Å². The number of carbonyl (C=O) groups is 2. The number of carbonyl (C=O) groups excluding carboxylic acids is 1. The first-order valence-corrected chi connectivity index (χ1v) is 5.33. The van der Waals surface area contributed by atoms with Crippen LogP contribution in [0.15, 0.2) is 42.7 Å².